The van der Waals surface area contributed by atoms with Crippen LogP contribution in [0.5, 0.6) is 5.75 Å². The number of phenolic OH excluding ortho intramolecular Hbond substituents is 1. The highest BCUT2D eigenvalue weighted by atomic mass is 79.9. The molecule has 0 bridgehead atoms. The van der Waals surface area contributed by atoms with Crippen LogP contribution in [0.15, 0.2) is 39.5 Å². The number of nitrogens with zero attached hydrogens (tertiary/aromatic N) is 1. The van der Waals surface area contributed by atoms with Crippen molar-refractivity contribution in [1.29, 1.82) is 0 Å². The maximum Gasteiger partial charge on any atom is 0.225 e. The van der Waals surface area contributed by atoms with Crippen molar-refractivity contribution < 1.29 is 9.52 Å². The number of rotatable bonds is 1. The number of hydrogen-bond donors (Lipinski definition) is 1. The quantitative estimate of drug-likeness (QED) is 0.833. The van der Waals surface area contributed by atoms with Gasteiger partial charge in [-0.15, -0.1) is 0 Å². The van der Waals surface area contributed by atoms with Gasteiger partial charge in [-0.2, -0.15) is 0 Å². The van der Waals surface area contributed by atoms with Crippen LogP contribution in [0.1, 0.15) is 0 Å². The van der Waals surface area contributed by atoms with Crippen molar-refractivity contribution in [3.05, 3.63) is 35.1 Å². The summed E-state index contributed by atoms with van der Waals surface area (Å²) in [6.07, 6.45) is 3.09. The summed E-state index contributed by atoms with van der Waals surface area (Å²) in [5.74, 6) is 0.746. The molecule has 4 heteroatoms. The molecule has 0 aliphatic rings. The molecule has 0 aliphatic heterocycles. The second kappa shape index (κ2) is 3.22. The number of benzene rings is 1. The molecule has 0 radical (unpaired) electrons. The lowest BCUT2D eigenvalue weighted by Gasteiger charge is -1.98. The number of phenols is 1. The van der Waals surface area contributed by atoms with Gasteiger partial charge < -0.3 is 9.52 Å². The minimum Gasteiger partial charge on any atom is -0.507 e. The van der Waals surface area contributed by atoms with E-state index in [1.165, 1.54) is 6.26 Å². The molecule has 1 N–H and O–H groups in total. The molecule has 0 aliphatic carbocycles. The van der Waals surface area contributed by atoms with E-state index >= 15 is 0 Å². The van der Waals surface area contributed by atoms with Crippen molar-refractivity contribution in [2.75, 3.05) is 0 Å². The molecule has 1 aromatic heterocycles. The standard InChI is InChI=1S/C9H6BrNO2/c10-7-5-6(1-2-8(7)12)9-11-3-4-13-9/h1-5,12H. The second-order valence-corrected chi connectivity index (χ2v) is 3.36. The third-order valence-electron chi connectivity index (χ3n) is 1.63. The fourth-order valence-electron chi connectivity index (χ4n) is 1.01. The van der Waals surface area contributed by atoms with Crippen LogP contribution in [0.4, 0.5) is 0 Å². The van der Waals surface area contributed by atoms with Crippen molar-refractivity contribution in [2.24, 2.45) is 0 Å². The first-order valence-electron chi connectivity index (χ1n) is 3.66. The van der Waals surface area contributed by atoms with Gasteiger partial charge in [-0.1, -0.05) is 0 Å². The zero-order valence-corrected chi connectivity index (χ0v) is 8.15. The van der Waals surface area contributed by atoms with E-state index in [9.17, 15) is 5.11 Å². The molecule has 3 nitrogen and oxygen atoms in total. The van der Waals surface area contributed by atoms with Gasteiger partial charge in [0, 0.05) is 5.56 Å². The van der Waals surface area contributed by atoms with Crippen LogP contribution < -0.4 is 0 Å². The normalized spacial score (nSPS) is 10.2. The van der Waals surface area contributed by atoms with Gasteiger partial charge in [0.1, 0.15) is 12.0 Å². The fraction of sp³-hybridized carbons (Fsp3) is 0. The number of halogens is 1. The predicted octanol–water partition coefficient (Wildman–Crippen LogP) is 2.81. The average molecular weight is 240 g/mol. The van der Waals surface area contributed by atoms with Gasteiger partial charge in [-0.25, -0.2) is 4.98 Å². The Morgan fingerprint density at radius 1 is 1.38 bits per heavy atom. The highest BCUT2D eigenvalue weighted by molar-refractivity contribution is 9.10. The summed E-state index contributed by atoms with van der Waals surface area (Å²) < 4.78 is 5.73. The van der Waals surface area contributed by atoms with Crippen molar-refractivity contribution >= 4 is 15.9 Å². The maximum absolute atomic E-state index is 9.24. The van der Waals surface area contributed by atoms with E-state index in [1.54, 1.807) is 24.4 Å². The smallest absolute Gasteiger partial charge is 0.225 e. The number of hydrogen-bond acceptors (Lipinski definition) is 3. The van der Waals surface area contributed by atoms with E-state index in [0.717, 1.165) is 5.56 Å². The summed E-state index contributed by atoms with van der Waals surface area (Å²) in [5, 5.41) is 9.24. The number of aromatic hydroxyl groups is 1. The van der Waals surface area contributed by atoms with Gasteiger partial charge in [0.2, 0.25) is 5.89 Å². The highest BCUT2D eigenvalue weighted by Crippen LogP contribution is 2.28. The van der Waals surface area contributed by atoms with Crippen LogP contribution in [-0.4, -0.2) is 10.1 Å². The first-order valence-corrected chi connectivity index (χ1v) is 4.45. The van der Waals surface area contributed by atoms with Gasteiger partial charge in [0.05, 0.1) is 10.7 Å². The van der Waals surface area contributed by atoms with E-state index < -0.39 is 0 Å². The molecular formula is C9H6BrNO2. The van der Waals surface area contributed by atoms with Crippen LogP contribution >= 0.6 is 15.9 Å². The molecule has 0 amide bonds. The SMILES string of the molecule is Oc1ccc(-c2ncco2)cc1Br. The van der Waals surface area contributed by atoms with Crippen LogP contribution in [0.25, 0.3) is 11.5 Å². The van der Waals surface area contributed by atoms with Crippen molar-refractivity contribution in [1.82, 2.24) is 4.98 Å². The highest BCUT2D eigenvalue weighted by Gasteiger charge is 2.04. The van der Waals surface area contributed by atoms with E-state index in [-0.39, 0.29) is 5.75 Å². The van der Waals surface area contributed by atoms with Crippen LogP contribution in [0.2, 0.25) is 0 Å². The monoisotopic (exact) mass is 239 g/mol. The van der Waals surface area contributed by atoms with Gasteiger partial charge in [0.15, 0.2) is 0 Å². The summed E-state index contributed by atoms with van der Waals surface area (Å²) >= 11 is 3.21. The fourth-order valence-corrected chi connectivity index (χ4v) is 1.38. The van der Waals surface area contributed by atoms with E-state index in [4.69, 9.17) is 4.42 Å². The molecule has 0 unspecified atom stereocenters. The number of oxazole rings is 1. The minimum absolute atomic E-state index is 0.204. The maximum atomic E-state index is 9.24. The average Bonchev–Trinajstić information content (AvgIpc) is 2.62. The zero-order valence-electron chi connectivity index (χ0n) is 6.57. The summed E-state index contributed by atoms with van der Waals surface area (Å²) in [6, 6.07) is 5.08. The first-order chi connectivity index (χ1) is 6.27. The molecule has 0 saturated heterocycles. The molecule has 0 fully saturated rings. The van der Waals surface area contributed by atoms with Gasteiger partial charge in [0.25, 0.3) is 0 Å². The Balaban J connectivity index is 2.49. The van der Waals surface area contributed by atoms with E-state index in [2.05, 4.69) is 20.9 Å². The molecule has 13 heavy (non-hydrogen) atoms. The molecular weight excluding hydrogens is 234 g/mol. The van der Waals surface area contributed by atoms with E-state index in [0.29, 0.717) is 10.4 Å². The Kier molecular flexibility index (Phi) is 2.06. The summed E-state index contributed by atoms with van der Waals surface area (Å²) in [7, 11) is 0. The Morgan fingerprint density at radius 3 is 2.85 bits per heavy atom. The minimum atomic E-state index is 0.204. The summed E-state index contributed by atoms with van der Waals surface area (Å²) in [6.45, 7) is 0. The van der Waals surface area contributed by atoms with Gasteiger partial charge in [-0.05, 0) is 34.1 Å². The topological polar surface area (TPSA) is 46.3 Å². The zero-order chi connectivity index (χ0) is 9.26. The summed E-state index contributed by atoms with van der Waals surface area (Å²) in [4.78, 5) is 3.99. The third-order valence-corrected chi connectivity index (χ3v) is 2.26. The van der Waals surface area contributed by atoms with Gasteiger partial charge >= 0.3 is 0 Å². The van der Waals surface area contributed by atoms with Gasteiger partial charge in [-0.3, -0.25) is 0 Å². The van der Waals surface area contributed by atoms with E-state index in [1.807, 2.05) is 0 Å². The molecule has 1 aromatic carbocycles. The first kappa shape index (κ1) is 8.31. The molecule has 1 heterocycles. The Labute approximate surface area is 83.2 Å². The lowest BCUT2D eigenvalue weighted by atomic mass is 10.2. The molecule has 66 valence electrons. The molecule has 0 spiro atoms. The van der Waals surface area contributed by atoms with Crippen LogP contribution in [0, 0.1) is 0 Å². The second-order valence-electron chi connectivity index (χ2n) is 2.50. The van der Waals surface area contributed by atoms with Crippen molar-refractivity contribution in [3.8, 4) is 17.2 Å². The lowest BCUT2D eigenvalue weighted by Crippen LogP contribution is -1.77. The Hall–Kier alpha value is -1.29. The third kappa shape index (κ3) is 1.58. The van der Waals surface area contributed by atoms with Crippen molar-refractivity contribution in [3.63, 3.8) is 0 Å². The van der Waals surface area contributed by atoms with Crippen molar-refractivity contribution in [2.45, 2.75) is 0 Å². The molecule has 0 saturated carbocycles. The molecule has 2 rings (SSSR count). The molecule has 0 atom stereocenters. The Morgan fingerprint density at radius 2 is 2.23 bits per heavy atom. The van der Waals surface area contributed by atoms with Crippen LogP contribution in [-0.2, 0) is 0 Å². The summed E-state index contributed by atoms with van der Waals surface area (Å²) in [5.41, 5.74) is 0.828. The lowest BCUT2D eigenvalue weighted by molar-refractivity contribution is 0.472. The Bertz CT molecular complexity index is 412. The predicted molar refractivity (Wildman–Crippen MR) is 51.3 cm³/mol. The number of aromatic nitrogens is 1. The molecule has 2 aromatic rings. The van der Waals surface area contributed by atoms with Crippen LogP contribution in [0.3, 0.4) is 0 Å². The largest absolute Gasteiger partial charge is 0.507 e.